The third-order valence-corrected chi connectivity index (χ3v) is 6.36. The number of carboxylic acid groups (broad SMARTS) is 1. The predicted octanol–water partition coefficient (Wildman–Crippen LogP) is 5.91. The fraction of sp³-hybridized carbons (Fsp3) is 0.895. The van der Waals surface area contributed by atoms with Gasteiger partial charge >= 0.3 is 5.97 Å². The number of rotatable bonds is 15. The predicted molar refractivity (Wildman–Crippen MR) is 109 cm³/mol. The van der Waals surface area contributed by atoms with E-state index < -0.39 is 5.97 Å². The molecule has 0 spiro atoms. The second-order valence-corrected chi connectivity index (χ2v) is 8.87. The van der Waals surface area contributed by atoms with Crippen LogP contribution in [0.25, 0.3) is 0 Å². The molecule has 0 aromatic carbocycles. The van der Waals surface area contributed by atoms with Gasteiger partial charge in [0.2, 0.25) is 0 Å². The van der Waals surface area contributed by atoms with Gasteiger partial charge in [-0.1, -0.05) is 95.1 Å². The highest BCUT2D eigenvalue weighted by Gasteiger charge is 2.29. The molecule has 0 bridgehead atoms. The summed E-state index contributed by atoms with van der Waals surface area (Å²) in [5.41, 5.74) is 0. The summed E-state index contributed by atoms with van der Waals surface area (Å²) in [5.74, 6) is -0.673. The number of hydrogen-bond donors (Lipinski definition) is 2. The van der Waals surface area contributed by atoms with Crippen molar-refractivity contribution in [1.29, 1.82) is 0 Å². The average molecular weight is 374 g/mol. The van der Waals surface area contributed by atoms with Crippen LogP contribution in [-0.4, -0.2) is 26.7 Å². The molecular weight excluding hydrogens is 338 g/mol. The topological polar surface area (TPSA) is 49.3 Å². The molecule has 140 valence electrons. The fourth-order valence-electron chi connectivity index (χ4n) is 3.31. The summed E-state index contributed by atoms with van der Waals surface area (Å²) in [5, 5.41) is 12.8. The molecule has 1 heterocycles. The first kappa shape index (κ1) is 21.8. The maximum absolute atomic E-state index is 10.5. The fourth-order valence-corrected chi connectivity index (χ4v) is 4.98. The van der Waals surface area contributed by atoms with Gasteiger partial charge in [0, 0.05) is 17.7 Å². The molecule has 2 atom stereocenters. The summed E-state index contributed by atoms with van der Waals surface area (Å²) in [4.78, 5) is 10.5. The van der Waals surface area contributed by atoms with Crippen LogP contribution in [0.15, 0.2) is 0 Å². The van der Waals surface area contributed by atoms with Crippen LogP contribution in [0.5, 0.6) is 0 Å². The molecule has 1 aliphatic heterocycles. The van der Waals surface area contributed by atoms with E-state index in [-0.39, 0.29) is 0 Å². The molecule has 1 fully saturated rings. The van der Waals surface area contributed by atoms with Gasteiger partial charge in [-0.2, -0.15) is 0 Å². The highest BCUT2D eigenvalue weighted by atomic mass is 32.2. The van der Waals surface area contributed by atoms with Gasteiger partial charge in [0.05, 0.1) is 0 Å². The Hall–Kier alpha value is -0.290. The van der Waals surface area contributed by atoms with Crippen molar-refractivity contribution in [3.63, 3.8) is 0 Å². The minimum absolute atomic E-state index is 0.315. The number of carboxylic acids is 1. The number of thiocarbonyl (C=S) groups is 1. The number of aliphatic carboxylic acids is 1. The summed E-state index contributed by atoms with van der Waals surface area (Å²) >= 11 is 7.24. The van der Waals surface area contributed by atoms with Crippen molar-refractivity contribution >= 4 is 34.3 Å². The van der Waals surface area contributed by atoms with Crippen LogP contribution in [-0.2, 0) is 4.79 Å². The Labute approximate surface area is 157 Å². The molecule has 5 heteroatoms. The van der Waals surface area contributed by atoms with E-state index in [0.29, 0.717) is 17.7 Å². The van der Waals surface area contributed by atoms with Crippen molar-refractivity contribution < 1.29 is 9.90 Å². The maximum atomic E-state index is 10.5. The second kappa shape index (κ2) is 13.9. The van der Waals surface area contributed by atoms with Crippen LogP contribution in [0.1, 0.15) is 96.8 Å². The lowest BCUT2D eigenvalue weighted by molar-refractivity contribution is -0.137. The van der Waals surface area contributed by atoms with E-state index >= 15 is 0 Å². The Balaban J connectivity index is 2.07. The number of nitrogens with one attached hydrogen (secondary N) is 1. The smallest absolute Gasteiger partial charge is 0.303 e. The lowest BCUT2D eigenvalue weighted by Crippen LogP contribution is -2.31. The van der Waals surface area contributed by atoms with Crippen LogP contribution in [0.3, 0.4) is 0 Å². The molecule has 0 amide bonds. The molecule has 0 aliphatic carbocycles. The van der Waals surface area contributed by atoms with E-state index in [1.165, 1.54) is 64.2 Å². The van der Waals surface area contributed by atoms with Crippen LogP contribution >= 0.6 is 24.0 Å². The van der Waals surface area contributed by atoms with Gasteiger partial charge in [0.1, 0.15) is 4.32 Å². The largest absolute Gasteiger partial charge is 0.481 e. The Morgan fingerprint density at radius 1 is 1.00 bits per heavy atom. The Morgan fingerprint density at radius 2 is 1.58 bits per heavy atom. The highest BCUT2D eigenvalue weighted by molar-refractivity contribution is 8.23. The zero-order valence-electron chi connectivity index (χ0n) is 15.2. The number of hydrogen-bond acceptors (Lipinski definition) is 3. The van der Waals surface area contributed by atoms with Crippen LogP contribution in [0, 0.1) is 0 Å². The molecule has 1 saturated heterocycles. The SMILES string of the molecule is CCCCCCCC[C@@H]1SC(=S)N[C@H]1CCCCCCCC(=O)O. The molecule has 0 aromatic rings. The van der Waals surface area contributed by atoms with Crippen molar-refractivity contribution in [3.05, 3.63) is 0 Å². The molecule has 0 radical (unpaired) electrons. The zero-order chi connectivity index (χ0) is 17.6. The first-order valence-electron chi connectivity index (χ1n) is 9.82. The van der Waals surface area contributed by atoms with E-state index in [4.69, 9.17) is 17.3 Å². The lowest BCUT2D eigenvalue weighted by atomic mass is 9.99. The zero-order valence-corrected chi connectivity index (χ0v) is 16.9. The van der Waals surface area contributed by atoms with E-state index in [1.807, 2.05) is 11.8 Å². The maximum Gasteiger partial charge on any atom is 0.303 e. The van der Waals surface area contributed by atoms with Gasteiger partial charge in [-0.05, 0) is 19.3 Å². The summed E-state index contributed by atoms with van der Waals surface area (Å²) in [6.07, 6.45) is 16.4. The summed E-state index contributed by atoms with van der Waals surface area (Å²) in [7, 11) is 0. The van der Waals surface area contributed by atoms with Crippen molar-refractivity contribution in [1.82, 2.24) is 5.32 Å². The summed E-state index contributed by atoms with van der Waals surface area (Å²) in [6.45, 7) is 2.26. The van der Waals surface area contributed by atoms with Crippen LogP contribution < -0.4 is 5.32 Å². The molecule has 1 rings (SSSR count). The van der Waals surface area contributed by atoms with Gasteiger partial charge in [-0.25, -0.2) is 0 Å². The summed E-state index contributed by atoms with van der Waals surface area (Å²) < 4.78 is 0.984. The van der Waals surface area contributed by atoms with E-state index in [9.17, 15) is 4.79 Å². The molecule has 1 aliphatic rings. The van der Waals surface area contributed by atoms with Crippen LogP contribution in [0.2, 0.25) is 0 Å². The van der Waals surface area contributed by atoms with Gasteiger partial charge in [0.25, 0.3) is 0 Å². The van der Waals surface area contributed by atoms with Crippen molar-refractivity contribution in [2.45, 2.75) is 108 Å². The molecule has 24 heavy (non-hydrogen) atoms. The molecular formula is C19H35NO2S2. The second-order valence-electron chi connectivity index (χ2n) is 6.95. The number of thioether (sulfide) groups is 1. The van der Waals surface area contributed by atoms with Crippen molar-refractivity contribution in [3.8, 4) is 0 Å². The third kappa shape index (κ3) is 10.5. The normalized spacial score (nSPS) is 20.3. The van der Waals surface area contributed by atoms with Gasteiger partial charge in [-0.3, -0.25) is 4.79 Å². The van der Waals surface area contributed by atoms with Gasteiger partial charge < -0.3 is 10.4 Å². The van der Waals surface area contributed by atoms with Crippen LogP contribution in [0.4, 0.5) is 0 Å². The minimum atomic E-state index is -0.673. The highest BCUT2D eigenvalue weighted by Crippen LogP contribution is 2.31. The molecule has 3 nitrogen and oxygen atoms in total. The van der Waals surface area contributed by atoms with Crippen molar-refractivity contribution in [2.75, 3.05) is 0 Å². The van der Waals surface area contributed by atoms with Gasteiger partial charge in [0.15, 0.2) is 0 Å². The monoisotopic (exact) mass is 373 g/mol. The standard InChI is InChI=1S/C19H35NO2S2/c1-2-3-4-5-8-11-14-17-16(20-19(23)24-17)13-10-7-6-9-12-15-18(21)22/h16-17H,2-15H2,1H3,(H,20,23)(H,21,22)/t16-,17-/m0/s1. The van der Waals surface area contributed by atoms with E-state index in [2.05, 4.69) is 12.2 Å². The number of carbonyl (C=O) groups is 1. The quantitative estimate of drug-likeness (QED) is 0.276. The van der Waals surface area contributed by atoms with E-state index in [0.717, 1.165) is 23.6 Å². The molecule has 0 saturated carbocycles. The Kier molecular flexibility index (Phi) is 12.6. The van der Waals surface area contributed by atoms with Crippen molar-refractivity contribution in [2.24, 2.45) is 0 Å². The third-order valence-electron chi connectivity index (χ3n) is 4.76. The summed E-state index contributed by atoms with van der Waals surface area (Å²) in [6, 6.07) is 0.553. The Morgan fingerprint density at radius 3 is 2.25 bits per heavy atom. The van der Waals surface area contributed by atoms with E-state index in [1.54, 1.807) is 0 Å². The molecule has 0 aromatic heterocycles. The molecule has 2 N–H and O–H groups in total. The number of unbranched alkanes of at least 4 members (excludes halogenated alkanes) is 9. The molecule has 0 unspecified atom stereocenters. The first-order valence-corrected chi connectivity index (χ1v) is 11.1. The Bertz CT molecular complexity index is 363. The lowest BCUT2D eigenvalue weighted by Gasteiger charge is -2.18. The average Bonchev–Trinajstić information content (AvgIpc) is 2.89. The van der Waals surface area contributed by atoms with Gasteiger partial charge in [-0.15, -0.1) is 0 Å². The minimum Gasteiger partial charge on any atom is -0.481 e. The first-order chi connectivity index (χ1) is 11.6.